The number of nitrogens with one attached hydrogen (secondary N) is 1. The van der Waals surface area contributed by atoms with Gasteiger partial charge in [0.05, 0.1) is 52.5 Å². The number of hydrogen-bond donors (Lipinski definition) is 3. The van der Waals surface area contributed by atoms with Crippen molar-refractivity contribution < 1.29 is 24.5 Å². The topological polar surface area (TPSA) is 112 Å². The summed E-state index contributed by atoms with van der Waals surface area (Å²) in [7, 11) is 0. The highest BCUT2D eigenvalue weighted by molar-refractivity contribution is 7.09. The fraction of sp³-hybridized carbons (Fsp3) is 0.690. The standard InChI is InChI=1S/C29H42N2O5S/c1-5-8-22-26(34)18(2)9-6-12-28(4)24(36-28)15-20(10-11-21-17-37-19(3)30-21)31-25(33)16-23(32)29(27(22)35)13-7-14-29/h5,10-11,17-18,20,22-24,26,32,34H,1,6-9,12-16H2,2-4H3,(H,31,33)/t18-,20+,22+,23-,24?,26+,28?/m0/s1. The summed E-state index contributed by atoms with van der Waals surface area (Å²) in [5.41, 5.74) is -0.394. The van der Waals surface area contributed by atoms with E-state index in [1.54, 1.807) is 17.4 Å². The molecule has 0 aromatic carbocycles. The minimum Gasteiger partial charge on any atom is -0.392 e. The number of fused-ring (bicyclic) bond motifs is 1. The molecule has 2 aliphatic heterocycles. The van der Waals surface area contributed by atoms with Gasteiger partial charge in [-0.05, 0) is 57.9 Å². The molecule has 2 unspecified atom stereocenters. The lowest BCUT2D eigenvalue weighted by molar-refractivity contribution is -0.155. The summed E-state index contributed by atoms with van der Waals surface area (Å²) in [4.78, 5) is 31.4. The van der Waals surface area contributed by atoms with E-state index in [0.29, 0.717) is 25.7 Å². The smallest absolute Gasteiger partial charge is 0.223 e. The van der Waals surface area contributed by atoms with Crippen molar-refractivity contribution >= 4 is 29.1 Å². The number of ketones is 1. The first-order valence-electron chi connectivity index (χ1n) is 13.7. The molecule has 4 rings (SSSR count). The number of hydrogen-bond acceptors (Lipinski definition) is 7. The van der Waals surface area contributed by atoms with Crippen molar-refractivity contribution in [2.75, 3.05) is 0 Å². The molecule has 3 heterocycles. The minimum absolute atomic E-state index is 0.0192. The first kappa shape index (κ1) is 28.1. The molecule has 1 spiro atoms. The summed E-state index contributed by atoms with van der Waals surface area (Å²) in [6, 6.07) is -0.274. The van der Waals surface area contributed by atoms with E-state index in [0.717, 1.165) is 36.4 Å². The minimum atomic E-state index is -1.09. The van der Waals surface area contributed by atoms with Crippen LogP contribution in [0.2, 0.25) is 0 Å². The summed E-state index contributed by atoms with van der Waals surface area (Å²) >= 11 is 1.58. The number of allylic oxidation sites excluding steroid dienone is 1. The van der Waals surface area contributed by atoms with Gasteiger partial charge in [-0.25, -0.2) is 4.98 Å². The molecule has 0 radical (unpaired) electrons. The van der Waals surface area contributed by atoms with Crippen LogP contribution >= 0.6 is 11.3 Å². The molecule has 0 bridgehead atoms. The van der Waals surface area contributed by atoms with Crippen LogP contribution in [0.3, 0.4) is 0 Å². The van der Waals surface area contributed by atoms with E-state index >= 15 is 0 Å². The maximum atomic E-state index is 13.8. The van der Waals surface area contributed by atoms with Gasteiger partial charge >= 0.3 is 0 Å². The molecule has 1 aliphatic carbocycles. The Labute approximate surface area is 224 Å². The molecule has 37 heavy (non-hydrogen) atoms. The average molecular weight is 531 g/mol. The van der Waals surface area contributed by atoms with Crippen molar-refractivity contribution in [1.29, 1.82) is 0 Å². The predicted molar refractivity (Wildman–Crippen MR) is 145 cm³/mol. The van der Waals surface area contributed by atoms with Gasteiger partial charge in [0, 0.05) is 17.7 Å². The zero-order valence-electron chi connectivity index (χ0n) is 22.3. The van der Waals surface area contributed by atoms with Gasteiger partial charge in [0.2, 0.25) is 5.91 Å². The quantitative estimate of drug-likeness (QED) is 0.394. The lowest BCUT2D eigenvalue weighted by Crippen LogP contribution is -2.54. The molecular formula is C29H42N2O5S. The van der Waals surface area contributed by atoms with Gasteiger partial charge < -0.3 is 20.3 Å². The number of rotatable bonds is 4. The average Bonchev–Trinajstić information content (AvgIpc) is 3.23. The van der Waals surface area contributed by atoms with Gasteiger partial charge in [-0.3, -0.25) is 9.59 Å². The van der Waals surface area contributed by atoms with Crippen LogP contribution in [0.1, 0.15) is 82.3 Å². The number of carbonyl (C=O) groups is 2. The fourth-order valence-electron chi connectivity index (χ4n) is 6.13. The molecule has 7 nitrogen and oxygen atoms in total. The van der Waals surface area contributed by atoms with Crippen molar-refractivity contribution in [3.8, 4) is 0 Å². The largest absolute Gasteiger partial charge is 0.392 e. The molecular weight excluding hydrogens is 488 g/mol. The number of thiazole rings is 1. The molecule has 1 amide bonds. The zero-order valence-corrected chi connectivity index (χ0v) is 23.1. The van der Waals surface area contributed by atoms with E-state index < -0.39 is 23.5 Å². The van der Waals surface area contributed by atoms with Crippen LogP contribution in [0.15, 0.2) is 24.1 Å². The van der Waals surface area contributed by atoms with Crippen molar-refractivity contribution in [2.45, 2.75) is 109 Å². The van der Waals surface area contributed by atoms with Gasteiger partial charge in [-0.15, -0.1) is 17.9 Å². The first-order chi connectivity index (χ1) is 17.6. The molecule has 1 aromatic rings. The molecule has 2 saturated heterocycles. The number of carbonyl (C=O) groups excluding carboxylic acids is 2. The monoisotopic (exact) mass is 530 g/mol. The second kappa shape index (κ2) is 11.5. The van der Waals surface area contributed by atoms with Crippen molar-refractivity contribution in [1.82, 2.24) is 10.3 Å². The molecule has 7 atom stereocenters. The van der Waals surface area contributed by atoms with E-state index in [4.69, 9.17) is 4.74 Å². The van der Waals surface area contributed by atoms with Gasteiger partial charge in [0.25, 0.3) is 0 Å². The Bertz CT molecular complexity index is 1020. The molecule has 8 heteroatoms. The van der Waals surface area contributed by atoms with Crippen LogP contribution in [-0.4, -0.2) is 56.8 Å². The summed E-state index contributed by atoms with van der Waals surface area (Å²) in [5, 5.41) is 28.4. The zero-order chi connectivity index (χ0) is 26.8. The van der Waals surface area contributed by atoms with Crippen LogP contribution in [0, 0.1) is 24.2 Å². The lowest BCUT2D eigenvalue weighted by atomic mass is 9.58. The second-order valence-corrected chi connectivity index (χ2v) is 12.6. The molecule has 204 valence electrons. The van der Waals surface area contributed by atoms with Gasteiger partial charge in [-0.2, -0.15) is 0 Å². The van der Waals surface area contributed by atoms with Crippen LogP contribution < -0.4 is 5.32 Å². The molecule has 3 fully saturated rings. The van der Waals surface area contributed by atoms with Crippen LogP contribution in [0.25, 0.3) is 6.08 Å². The highest BCUT2D eigenvalue weighted by Gasteiger charge is 2.54. The predicted octanol–water partition coefficient (Wildman–Crippen LogP) is 4.36. The van der Waals surface area contributed by atoms with E-state index in [1.165, 1.54) is 0 Å². The number of amides is 1. The van der Waals surface area contributed by atoms with Gasteiger partial charge in [0.15, 0.2) is 0 Å². The Morgan fingerprint density at radius 1 is 1.27 bits per heavy atom. The number of aliphatic hydroxyl groups excluding tert-OH is 2. The number of aliphatic hydroxyl groups is 2. The summed E-state index contributed by atoms with van der Waals surface area (Å²) in [5.74, 6) is -1.12. The number of aryl methyl sites for hydroxylation is 1. The summed E-state index contributed by atoms with van der Waals surface area (Å²) < 4.78 is 6.09. The molecule has 1 saturated carbocycles. The van der Waals surface area contributed by atoms with Gasteiger partial charge in [-0.1, -0.05) is 31.9 Å². The molecule has 3 aliphatic rings. The van der Waals surface area contributed by atoms with E-state index in [2.05, 4.69) is 23.8 Å². The second-order valence-electron chi connectivity index (χ2n) is 11.6. The lowest BCUT2D eigenvalue weighted by Gasteiger charge is -2.46. The Morgan fingerprint density at radius 2 is 2.03 bits per heavy atom. The van der Waals surface area contributed by atoms with Crippen molar-refractivity contribution in [3.05, 3.63) is 34.8 Å². The highest BCUT2D eigenvalue weighted by Crippen LogP contribution is 2.49. The third-order valence-electron chi connectivity index (χ3n) is 8.82. The van der Waals surface area contributed by atoms with Crippen LogP contribution in [0.4, 0.5) is 0 Å². The highest BCUT2D eigenvalue weighted by atomic mass is 32.1. The number of Topliss-reactive ketones (excluding diaryl/α,β-unsaturated/α-hetero) is 1. The van der Waals surface area contributed by atoms with Crippen molar-refractivity contribution in [3.63, 3.8) is 0 Å². The molecule has 3 N–H and O–H groups in total. The first-order valence-corrected chi connectivity index (χ1v) is 14.5. The fourth-order valence-corrected chi connectivity index (χ4v) is 6.71. The Kier molecular flexibility index (Phi) is 8.73. The SMILES string of the molecule is C=CC[C@H]1C(=O)C2(CCC2)[C@@H](O)CC(=O)N[C@H](C=Cc2csc(C)n2)CC2OC2(C)CCC[C@H](C)[C@H]1O. The van der Waals surface area contributed by atoms with Gasteiger partial charge in [0.1, 0.15) is 5.78 Å². The van der Waals surface area contributed by atoms with E-state index in [9.17, 15) is 19.8 Å². The Hall–Kier alpha value is -1.87. The number of nitrogens with zero attached hydrogens (tertiary/aromatic N) is 1. The maximum Gasteiger partial charge on any atom is 0.223 e. The third kappa shape index (κ3) is 6.24. The third-order valence-corrected chi connectivity index (χ3v) is 9.62. The molecule has 1 aromatic heterocycles. The van der Waals surface area contributed by atoms with E-state index in [1.807, 2.05) is 31.4 Å². The van der Waals surface area contributed by atoms with Crippen LogP contribution in [0.5, 0.6) is 0 Å². The van der Waals surface area contributed by atoms with E-state index in [-0.39, 0.29) is 41.8 Å². The summed E-state index contributed by atoms with van der Waals surface area (Å²) in [6.07, 6.45) is 8.90. The number of aromatic nitrogens is 1. The van der Waals surface area contributed by atoms with Crippen molar-refractivity contribution in [2.24, 2.45) is 17.3 Å². The normalized spacial score (nSPS) is 37.1. The number of ether oxygens (including phenoxy) is 1. The summed E-state index contributed by atoms with van der Waals surface area (Å²) in [6.45, 7) is 9.85. The maximum absolute atomic E-state index is 13.8. The van der Waals surface area contributed by atoms with Crippen LogP contribution in [-0.2, 0) is 14.3 Å². The number of epoxide rings is 1. The Balaban J connectivity index is 1.57. The Morgan fingerprint density at radius 3 is 2.65 bits per heavy atom.